The molecule has 1 amide bonds. The zero-order valence-electron chi connectivity index (χ0n) is 10.3. The summed E-state index contributed by atoms with van der Waals surface area (Å²) >= 11 is 3.87. The van der Waals surface area contributed by atoms with E-state index in [9.17, 15) is 14.9 Å². The molecule has 1 aromatic carbocycles. The molecule has 1 heterocycles. The lowest BCUT2D eigenvalue weighted by Crippen LogP contribution is -2.44. The number of hydrogen-bond acceptors (Lipinski definition) is 4. The zero-order valence-corrected chi connectivity index (χ0v) is 13.3. The van der Waals surface area contributed by atoms with E-state index in [0.29, 0.717) is 12.1 Å². The highest BCUT2D eigenvalue weighted by Crippen LogP contribution is 2.24. The van der Waals surface area contributed by atoms with E-state index < -0.39 is 4.92 Å². The van der Waals surface area contributed by atoms with Crippen LogP contribution in [0.5, 0.6) is 0 Å². The quantitative estimate of drug-likeness (QED) is 0.441. The van der Waals surface area contributed by atoms with E-state index in [1.54, 1.807) is 11.0 Å². The van der Waals surface area contributed by atoms with E-state index >= 15 is 0 Å². The molecule has 0 bridgehead atoms. The Morgan fingerprint density at radius 1 is 1.58 bits per heavy atom. The van der Waals surface area contributed by atoms with Gasteiger partial charge in [0.1, 0.15) is 0 Å². The SMILES string of the molecule is CC1CSCCN1C(=O)c1cc([N+](=O)[O-])ccc1I. The Bertz CT molecular complexity index is 524. The number of thioether (sulfide) groups is 1. The minimum absolute atomic E-state index is 0.0391. The Balaban J connectivity index is 2.32. The Labute approximate surface area is 129 Å². The summed E-state index contributed by atoms with van der Waals surface area (Å²) in [4.78, 5) is 24.6. The highest BCUT2D eigenvalue weighted by atomic mass is 127. The van der Waals surface area contributed by atoms with Crippen LogP contribution < -0.4 is 0 Å². The van der Waals surface area contributed by atoms with Gasteiger partial charge in [0.05, 0.1) is 10.5 Å². The number of benzene rings is 1. The van der Waals surface area contributed by atoms with Crippen LogP contribution in [0.25, 0.3) is 0 Å². The summed E-state index contributed by atoms with van der Waals surface area (Å²) in [6, 6.07) is 4.59. The second-order valence-electron chi connectivity index (χ2n) is 4.34. The van der Waals surface area contributed by atoms with Gasteiger partial charge in [0.25, 0.3) is 11.6 Å². The van der Waals surface area contributed by atoms with Gasteiger partial charge in [-0.2, -0.15) is 11.8 Å². The molecule has 1 fully saturated rings. The topological polar surface area (TPSA) is 63.5 Å². The molecule has 1 unspecified atom stereocenters. The van der Waals surface area contributed by atoms with Gasteiger partial charge in [-0.3, -0.25) is 14.9 Å². The van der Waals surface area contributed by atoms with Crippen molar-refractivity contribution in [1.29, 1.82) is 0 Å². The third kappa shape index (κ3) is 3.19. The predicted octanol–water partition coefficient (Wildman–Crippen LogP) is 2.78. The van der Waals surface area contributed by atoms with Crippen LogP contribution in [-0.2, 0) is 0 Å². The van der Waals surface area contributed by atoms with Crippen molar-refractivity contribution >= 4 is 45.9 Å². The van der Waals surface area contributed by atoms with Crippen molar-refractivity contribution in [2.24, 2.45) is 0 Å². The molecule has 1 atom stereocenters. The minimum atomic E-state index is -0.470. The van der Waals surface area contributed by atoms with Gasteiger partial charge >= 0.3 is 0 Å². The van der Waals surface area contributed by atoms with Gasteiger partial charge in [0, 0.05) is 39.8 Å². The summed E-state index contributed by atoms with van der Waals surface area (Å²) in [5, 5.41) is 10.8. The van der Waals surface area contributed by atoms with Gasteiger partial charge in [-0.05, 0) is 35.6 Å². The Hall–Kier alpha value is -0.830. The summed E-state index contributed by atoms with van der Waals surface area (Å²) in [7, 11) is 0. The van der Waals surface area contributed by atoms with Gasteiger partial charge in [-0.15, -0.1) is 0 Å². The number of hydrogen-bond donors (Lipinski definition) is 0. The maximum Gasteiger partial charge on any atom is 0.270 e. The number of nitrogens with zero attached hydrogens (tertiary/aromatic N) is 2. The molecule has 0 saturated carbocycles. The monoisotopic (exact) mass is 392 g/mol. The molecule has 1 aliphatic heterocycles. The van der Waals surface area contributed by atoms with Crippen molar-refractivity contribution < 1.29 is 9.72 Å². The molecule has 0 spiro atoms. The van der Waals surface area contributed by atoms with Crippen molar-refractivity contribution in [2.75, 3.05) is 18.1 Å². The van der Waals surface area contributed by atoms with Crippen LogP contribution in [0.4, 0.5) is 5.69 Å². The highest BCUT2D eigenvalue weighted by Gasteiger charge is 2.26. The second kappa shape index (κ2) is 6.08. The summed E-state index contributed by atoms with van der Waals surface area (Å²) in [6.45, 7) is 2.71. The fourth-order valence-corrected chi connectivity index (χ4v) is 3.55. The first-order valence-corrected chi connectivity index (χ1v) is 8.06. The number of carbonyl (C=O) groups excluding carboxylic acids is 1. The maximum absolute atomic E-state index is 12.5. The molecule has 1 saturated heterocycles. The van der Waals surface area contributed by atoms with Crippen LogP contribution in [0, 0.1) is 13.7 Å². The second-order valence-corrected chi connectivity index (χ2v) is 6.66. The summed E-state index contributed by atoms with van der Waals surface area (Å²) in [6.07, 6.45) is 0. The molecule has 0 aromatic heterocycles. The standard InChI is InChI=1S/C12H13IN2O3S/c1-8-7-19-5-4-14(8)12(16)10-6-9(15(17)18)2-3-11(10)13/h2-3,6,8H,4-5,7H2,1H3. The van der Waals surface area contributed by atoms with Gasteiger partial charge in [0.2, 0.25) is 0 Å². The average Bonchev–Trinajstić information content (AvgIpc) is 2.38. The molecule has 1 aromatic rings. The van der Waals surface area contributed by atoms with Crippen LogP contribution in [-0.4, -0.2) is 39.8 Å². The van der Waals surface area contributed by atoms with E-state index in [-0.39, 0.29) is 17.6 Å². The normalized spacial score (nSPS) is 19.3. The molecular formula is C12H13IN2O3S. The van der Waals surface area contributed by atoms with E-state index in [4.69, 9.17) is 0 Å². The van der Waals surface area contributed by atoms with Crippen molar-refractivity contribution in [2.45, 2.75) is 13.0 Å². The van der Waals surface area contributed by atoms with Crippen LogP contribution in [0.1, 0.15) is 17.3 Å². The maximum atomic E-state index is 12.5. The molecule has 102 valence electrons. The Morgan fingerprint density at radius 3 is 2.95 bits per heavy atom. The summed E-state index contributed by atoms with van der Waals surface area (Å²) in [5.74, 6) is 1.72. The fourth-order valence-electron chi connectivity index (χ4n) is 1.97. The zero-order chi connectivity index (χ0) is 14.0. The van der Waals surface area contributed by atoms with E-state index in [1.807, 2.05) is 41.3 Å². The van der Waals surface area contributed by atoms with Crippen LogP contribution >= 0.6 is 34.4 Å². The van der Waals surface area contributed by atoms with Gasteiger partial charge < -0.3 is 4.90 Å². The Kier molecular flexibility index (Phi) is 4.67. The predicted molar refractivity (Wildman–Crippen MR) is 83.6 cm³/mol. The molecule has 1 aliphatic rings. The number of nitro groups is 1. The minimum Gasteiger partial charge on any atom is -0.334 e. The van der Waals surface area contributed by atoms with E-state index in [0.717, 1.165) is 15.1 Å². The van der Waals surface area contributed by atoms with Crippen LogP contribution in [0.2, 0.25) is 0 Å². The number of carbonyl (C=O) groups is 1. The van der Waals surface area contributed by atoms with Gasteiger partial charge in [-0.25, -0.2) is 0 Å². The molecule has 0 radical (unpaired) electrons. The molecule has 19 heavy (non-hydrogen) atoms. The van der Waals surface area contributed by atoms with Crippen molar-refractivity contribution in [1.82, 2.24) is 4.90 Å². The van der Waals surface area contributed by atoms with Crippen molar-refractivity contribution in [3.05, 3.63) is 37.4 Å². The average molecular weight is 392 g/mol. The van der Waals surface area contributed by atoms with Gasteiger partial charge in [-0.1, -0.05) is 0 Å². The van der Waals surface area contributed by atoms with Crippen molar-refractivity contribution in [3.63, 3.8) is 0 Å². The number of halogens is 1. The number of nitro benzene ring substituents is 1. The summed E-state index contributed by atoms with van der Waals surface area (Å²) in [5.41, 5.74) is 0.386. The van der Waals surface area contributed by atoms with E-state index in [1.165, 1.54) is 12.1 Å². The number of rotatable bonds is 2. The number of non-ortho nitro benzene ring substituents is 1. The van der Waals surface area contributed by atoms with Crippen LogP contribution in [0.15, 0.2) is 18.2 Å². The molecule has 2 rings (SSSR count). The fraction of sp³-hybridized carbons (Fsp3) is 0.417. The first kappa shape index (κ1) is 14.6. The lowest BCUT2D eigenvalue weighted by molar-refractivity contribution is -0.384. The molecule has 7 heteroatoms. The molecule has 5 nitrogen and oxygen atoms in total. The van der Waals surface area contributed by atoms with E-state index in [2.05, 4.69) is 0 Å². The lowest BCUT2D eigenvalue weighted by Gasteiger charge is -2.33. The van der Waals surface area contributed by atoms with Crippen LogP contribution in [0.3, 0.4) is 0 Å². The third-order valence-corrected chi connectivity index (χ3v) is 5.15. The first-order chi connectivity index (χ1) is 9.00. The molecule has 0 N–H and O–H groups in total. The first-order valence-electron chi connectivity index (χ1n) is 5.83. The third-order valence-electron chi connectivity index (χ3n) is 3.02. The van der Waals surface area contributed by atoms with Gasteiger partial charge in [0.15, 0.2) is 0 Å². The van der Waals surface area contributed by atoms with Crippen molar-refractivity contribution in [3.8, 4) is 0 Å². The molecular weight excluding hydrogens is 379 g/mol. The lowest BCUT2D eigenvalue weighted by atomic mass is 10.1. The smallest absolute Gasteiger partial charge is 0.270 e. The summed E-state index contributed by atoms with van der Waals surface area (Å²) < 4.78 is 0.749. The molecule has 0 aliphatic carbocycles. The highest BCUT2D eigenvalue weighted by molar-refractivity contribution is 14.1. The Morgan fingerprint density at radius 2 is 2.32 bits per heavy atom. The number of amides is 1. The largest absolute Gasteiger partial charge is 0.334 e.